The number of pyridine rings is 1. The van der Waals surface area contributed by atoms with E-state index in [1.807, 2.05) is 0 Å². The summed E-state index contributed by atoms with van der Waals surface area (Å²) in [7, 11) is 0. The molecule has 1 aromatic heterocycles. The van der Waals surface area contributed by atoms with Gasteiger partial charge < -0.3 is 15.7 Å². The third kappa shape index (κ3) is 1.92. The van der Waals surface area contributed by atoms with Crippen LogP contribution >= 0.6 is 0 Å². The van der Waals surface area contributed by atoms with Crippen LogP contribution < -0.4 is 10.6 Å². The Hall–Kier alpha value is -1.43. The lowest BCUT2D eigenvalue weighted by Crippen LogP contribution is -2.30. The molecule has 1 aliphatic rings. The van der Waals surface area contributed by atoms with Crippen molar-refractivity contribution in [3.05, 3.63) is 17.7 Å². The first-order valence-corrected chi connectivity index (χ1v) is 4.98. The molecule has 0 saturated carbocycles. The number of anilines is 2. The van der Waals surface area contributed by atoms with Crippen molar-refractivity contribution in [1.82, 2.24) is 4.98 Å². The number of β-amino-alcohol motifs (C(OH)–C–C–N with tert-alkyl or cyclic N) is 1. The monoisotopic (exact) mass is 229 g/mol. The molecule has 1 saturated heterocycles. The highest BCUT2D eigenvalue weighted by molar-refractivity contribution is 5.48. The van der Waals surface area contributed by atoms with Crippen molar-refractivity contribution in [3.8, 4) is 0 Å². The van der Waals surface area contributed by atoms with E-state index in [1.165, 1.54) is 0 Å². The number of nitrogen functional groups attached to an aromatic ring is 1. The van der Waals surface area contributed by atoms with Gasteiger partial charge in [0.15, 0.2) is 23.3 Å². The minimum absolute atomic E-state index is 0.00308. The highest BCUT2D eigenvalue weighted by Gasteiger charge is 2.33. The first kappa shape index (κ1) is 11.1. The summed E-state index contributed by atoms with van der Waals surface area (Å²) in [6, 6.07) is 0.713. The van der Waals surface area contributed by atoms with Gasteiger partial charge in [-0.3, -0.25) is 0 Å². The van der Waals surface area contributed by atoms with E-state index in [0.717, 1.165) is 0 Å². The summed E-state index contributed by atoms with van der Waals surface area (Å²) in [4.78, 5) is 5.22. The molecule has 2 rings (SSSR count). The van der Waals surface area contributed by atoms with Gasteiger partial charge >= 0.3 is 0 Å². The molecule has 0 aromatic carbocycles. The summed E-state index contributed by atoms with van der Waals surface area (Å²) in [5, 5.41) is 9.74. The van der Waals surface area contributed by atoms with E-state index < -0.39 is 17.2 Å². The van der Waals surface area contributed by atoms with Gasteiger partial charge in [-0.25, -0.2) is 13.8 Å². The molecule has 1 aromatic rings. The van der Waals surface area contributed by atoms with Crippen LogP contribution in [0, 0.1) is 11.6 Å². The smallest absolute Gasteiger partial charge is 0.168 e. The third-order valence-electron chi connectivity index (χ3n) is 2.69. The van der Waals surface area contributed by atoms with E-state index in [0.29, 0.717) is 19.0 Å². The van der Waals surface area contributed by atoms with Crippen molar-refractivity contribution in [1.29, 1.82) is 0 Å². The molecule has 2 heterocycles. The molecule has 1 unspecified atom stereocenters. The summed E-state index contributed by atoms with van der Waals surface area (Å²) >= 11 is 0. The fraction of sp³-hybridized carbons (Fsp3) is 0.500. The maximum atomic E-state index is 13.5. The van der Waals surface area contributed by atoms with Gasteiger partial charge in [-0.05, 0) is 13.3 Å². The number of aromatic nitrogens is 1. The maximum absolute atomic E-state index is 13.5. The number of halogens is 2. The molecule has 6 heteroatoms. The lowest BCUT2D eigenvalue weighted by Gasteiger charge is -2.20. The number of rotatable bonds is 1. The van der Waals surface area contributed by atoms with E-state index >= 15 is 0 Å². The highest BCUT2D eigenvalue weighted by atomic mass is 19.1. The molecular weight excluding hydrogens is 216 g/mol. The van der Waals surface area contributed by atoms with Gasteiger partial charge in [0.1, 0.15) is 0 Å². The lowest BCUT2D eigenvalue weighted by molar-refractivity contribution is 0.0838. The Labute approximate surface area is 91.7 Å². The molecule has 88 valence electrons. The number of hydrogen-bond donors (Lipinski definition) is 2. The van der Waals surface area contributed by atoms with Crippen LogP contribution in [0.1, 0.15) is 13.3 Å². The number of aliphatic hydroxyl groups is 1. The molecule has 1 aliphatic heterocycles. The normalized spacial score (nSPS) is 25.1. The minimum Gasteiger partial charge on any atom is -0.388 e. The summed E-state index contributed by atoms with van der Waals surface area (Å²) in [5.41, 5.74) is 4.42. The fourth-order valence-corrected chi connectivity index (χ4v) is 1.82. The molecule has 0 bridgehead atoms. The Bertz CT molecular complexity index is 423. The molecule has 0 radical (unpaired) electrons. The molecule has 16 heavy (non-hydrogen) atoms. The van der Waals surface area contributed by atoms with Gasteiger partial charge in [0, 0.05) is 19.2 Å². The van der Waals surface area contributed by atoms with Gasteiger partial charge in [0.05, 0.1) is 5.60 Å². The van der Waals surface area contributed by atoms with Crippen molar-refractivity contribution < 1.29 is 13.9 Å². The van der Waals surface area contributed by atoms with E-state index in [1.54, 1.807) is 11.8 Å². The van der Waals surface area contributed by atoms with E-state index in [4.69, 9.17) is 5.73 Å². The first-order valence-electron chi connectivity index (χ1n) is 4.98. The largest absolute Gasteiger partial charge is 0.388 e. The van der Waals surface area contributed by atoms with Crippen LogP contribution in [-0.2, 0) is 0 Å². The minimum atomic E-state index is -0.868. The van der Waals surface area contributed by atoms with Crippen LogP contribution in [0.25, 0.3) is 0 Å². The van der Waals surface area contributed by atoms with E-state index in [-0.39, 0.29) is 18.2 Å². The first-order chi connectivity index (χ1) is 7.39. The average Bonchev–Trinajstić information content (AvgIpc) is 2.52. The van der Waals surface area contributed by atoms with E-state index in [9.17, 15) is 13.9 Å². The van der Waals surface area contributed by atoms with Crippen LogP contribution in [0.2, 0.25) is 0 Å². The van der Waals surface area contributed by atoms with Crippen molar-refractivity contribution in [3.63, 3.8) is 0 Å². The molecule has 3 N–H and O–H groups in total. The third-order valence-corrected chi connectivity index (χ3v) is 2.69. The molecule has 0 spiro atoms. The Balaban J connectivity index is 2.32. The molecule has 1 fully saturated rings. The summed E-state index contributed by atoms with van der Waals surface area (Å²) in [6.45, 7) is 2.40. The van der Waals surface area contributed by atoms with Crippen LogP contribution in [0.3, 0.4) is 0 Å². The van der Waals surface area contributed by atoms with Crippen molar-refractivity contribution >= 4 is 11.6 Å². The second kappa shape index (κ2) is 3.55. The molecule has 1 atom stereocenters. The van der Waals surface area contributed by atoms with Gasteiger partial charge in [-0.2, -0.15) is 0 Å². The summed E-state index contributed by atoms with van der Waals surface area (Å²) in [5.74, 6) is -1.96. The Morgan fingerprint density at radius 2 is 2.19 bits per heavy atom. The zero-order valence-electron chi connectivity index (χ0n) is 8.87. The predicted molar refractivity (Wildman–Crippen MR) is 56.0 cm³/mol. The Morgan fingerprint density at radius 1 is 1.50 bits per heavy atom. The average molecular weight is 229 g/mol. The highest BCUT2D eigenvalue weighted by Crippen LogP contribution is 2.28. The van der Waals surface area contributed by atoms with Crippen LogP contribution in [0.4, 0.5) is 20.4 Å². The van der Waals surface area contributed by atoms with Gasteiger partial charge in [0.25, 0.3) is 0 Å². The van der Waals surface area contributed by atoms with Crippen molar-refractivity contribution in [2.75, 3.05) is 23.7 Å². The maximum Gasteiger partial charge on any atom is 0.168 e. The fourth-order valence-electron chi connectivity index (χ4n) is 1.82. The predicted octanol–water partition coefficient (Wildman–Crippen LogP) is 0.903. The summed E-state index contributed by atoms with van der Waals surface area (Å²) in [6.07, 6.45) is 0.519. The summed E-state index contributed by atoms with van der Waals surface area (Å²) < 4.78 is 26.4. The SMILES string of the molecule is CC1(O)CCN(c2nc(N)c(F)cc2F)C1. The number of nitrogens with two attached hydrogens (primary N) is 1. The number of hydrogen-bond acceptors (Lipinski definition) is 4. The zero-order valence-corrected chi connectivity index (χ0v) is 8.87. The number of nitrogens with zero attached hydrogens (tertiary/aromatic N) is 2. The van der Waals surface area contributed by atoms with Crippen LogP contribution in [-0.4, -0.2) is 28.8 Å². The molecule has 0 aliphatic carbocycles. The van der Waals surface area contributed by atoms with Crippen LogP contribution in [0.15, 0.2) is 6.07 Å². The quantitative estimate of drug-likeness (QED) is 0.751. The lowest BCUT2D eigenvalue weighted by atomic mass is 10.1. The topological polar surface area (TPSA) is 62.4 Å². The molecule has 0 amide bonds. The van der Waals surface area contributed by atoms with Crippen LogP contribution in [0.5, 0.6) is 0 Å². The van der Waals surface area contributed by atoms with Crippen molar-refractivity contribution in [2.24, 2.45) is 0 Å². The Morgan fingerprint density at radius 3 is 2.75 bits per heavy atom. The van der Waals surface area contributed by atoms with Crippen molar-refractivity contribution in [2.45, 2.75) is 18.9 Å². The van der Waals surface area contributed by atoms with Gasteiger partial charge in [-0.15, -0.1) is 0 Å². The standard InChI is InChI=1S/C10H13F2N3O/c1-10(16)2-3-15(5-10)9-7(12)4-6(11)8(13)14-9/h4,16H,2-3,5H2,1H3,(H2,13,14). The zero-order chi connectivity index (χ0) is 11.9. The second-order valence-corrected chi connectivity index (χ2v) is 4.33. The van der Waals surface area contributed by atoms with Gasteiger partial charge in [0.2, 0.25) is 0 Å². The molecular formula is C10H13F2N3O. The van der Waals surface area contributed by atoms with Gasteiger partial charge in [-0.1, -0.05) is 0 Å². The second-order valence-electron chi connectivity index (χ2n) is 4.33. The van der Waals surface area contributed by atoms with E-state index in [2.05, 4.69) is 4.98 Å². The molecule has 4 nitrogen and oxygen atoms in total. The Kier molecular flexibility index (Phi) is 2.46.